The average Bonchev–Trinajstić information content (AvgIpc) is 2.91. The maximum absolute atomic E-state index is 13.4. The Kier molecular flexibility index (Phi) is 5.52. The Balaban J connectivity index is 1.89. The van der Waals surface area contributed by atoms with Crippen molar-refractivity contribution in [2.45, 2.75) is 38.6 Å². The van der Waals surface area contributed by atoms with Crippen molar-refractivity contribution in [3.8, 4) is 16.9 Å². The van der Waals surface area contributed by atoms with Gasteiger partial charge in [-0.2, -0.15) is 0 Å². The molecule has 0 fully saturated rings. The molecular weight excluding hydrogens is 378 g/mol. The molecule has 2 aromatic rings. The standard InChI is InChI=1S/C24H29N3O3/c1-16-12-17(2)14-19(13-16)18-6-7-21-20(15-18)24(22(28)27(3)23(25)26-24)8-4-5-9-29-10-11-30-21/h6-7,12-15H,4-5,8-11H2,1-3H3,(H2,25,26)/t24-/m0/s1. The summed E-state index contributed by atoms with van der Waals surface area (Å²) in [6.45, 7) is 5.77. The second kappa shape index (κ2) is 8.11. The van der Waals surface area contributed by atoms with Crippen LogP contribution in [-0.4, -0.2) is 43.6 Å². The van der Waals surface area contributed by atoms with Crippen molar-refractivity contribution in [3.63, 3.8) is 0 Å². The Hall–Kier alpha value is -2.86. The van der Waals surface area contributed by atoms with Crippen LogP contribution in [0.2, 0.25) is 0 Å². The lowest BCUT2D eigenvalue weighted by atomic mass is 9.82. The molecule has 1 spiro atoms. The number of amides is 1. The fourth-order valence-corrected chi connectivity index (χ4v) is 4.37. The molecule has 1 atom stereocenters. The van der Waals surface area contributed by atoms with Crippen LogP contribution < -0.4 is 10.5 Å². The Morgan fingerprint density at radius 3 is 2.47 bits per heavy atom. The highest BCUT2D eigenvalue weighted by molar-refractivity contribution is 6.07. The molecule has 2 aromatic carbocycles. The quantitative estimate of drug-likeness (QED) is 0.785. The summed E-state index contributed by atoms with van der Waals surface area (Å²) in [7, 11) is 1.68. The monoisotopic (exact) mass is 407 g/mol. The summed E-state index contributed by atoms with van der Waals surface area (Å²) in [6.07, 6.45) is 2.23. The topological polar surface area (TPSA) is 77.2 Å². The number of aliphatic imine (C=N–C) groups is 1. The number of benzene rings is 2. The molecule has 1 amide bonds. The summed E-state index contributed by atoms with van der Waals surface area (Å²) >= 11 is 0. The van der Waals surface area contributed by atoms with Crippen LogP contribution >= 0.6 is 0 Å². The molecule has 6 heteroatoms. The molecule has 2 aliphatic rings. The van der Waals surface area contributed by atoms with Crippen molar-refractivity contribution in [1.29, 1.82) is 0 Å². The van der Waals surface area contributed by atoms with Crippen molar-refractivity contribution in [1.82, 2.24) is 4.90 Å². The molecule has 0 bridgehead atoms. The van der Waals surface area contributed by atoms with E-state index < -0.39 is 5.54 Å². The van der Waals surface area contributed by atoms with Gasteiger partial charge in [-0.3, -0.25) is 9.69 Å². The Morgan fingerprint density at radius 2 is 1.77 bits per heavy atom. The number of nitrogens with zero attached hydrogens (tertiary/aromatic N) is 2. The van der Waals surface area contributed by atoms with E-state index in [4.69, 9.17) is 20.2 Å². The maximum atomic E-state index is 13.4. The third-order valence-electron chi connectivity index (χ3n) is 5.85. The highest BCUT2D eigenvalue weighted by atomic mass is 16.5. The van der Waals surface area contributed by atoms with Gasteiger partial charge in [0.15, 0.2) is 11.5 Å². The largest absolute Gasteiger partial charge is 0.491 e. The lowest BCUT2D eigenvalue weighted by molar-refractivity contribution is -0.131. The molecule has 2 N–H and O–H groups in total. The number of hydrogen-bond acceptors (Lipinski definition) is 5. The van der Waals surface area contributed by atoms with Crippen LogP contribution in [-0.2, 0) is 15.1 Å². The van der Waals surface area contributed by atoms with Crippen LogP contribution in [0.25, 0.3) is 11.1 Å². The third kappa shape index (κ3) is 3.67. The molecular formula is C24H29N3O3. The van der Waals surface area contributed by atoms with Gasteiger partial charge in [0, 0.05) is 19.2 Å². The molecule has 0 saturated heterocycles. The van der Waals surface area contributed by atoms with Gasteiger partial charge in [0.05, 0.1) is 6.61 Å². The molecule has 0 unspecified atom stereocenters. The van der Waals surface area contributed by atoms with Gasteiger partial charge in [0.2, 0.25) is 0 Å². The van der Waals surface area contributed by atoms with Gasteiger partial charge in [0.25, 0.3) is 5.91 Å². The lowest BCUT2D eigenvalue weighted by Gasteiger charge is -2.28. The van der Waals surface area contributed by atoms with Gasteiger partial charge in [-0.05, 0) is 56.4 Å². The molecule has 2 aliphatic heterocycles. The second-order valence-electron chi connectivity index (χ2n) is 8.20. The first-order valence-electron chi connectivity index (χ1n) is 10.5. The summed E-state index contributed by atoms with van der Waals surface area (Å²) < 4.78 is 11.7. The lowest BCUT2D eigenvalue weighted by Crippen LogP contribution is -2.40. The number of ether oxygens (including phenoxy) is 2. The number of aryl methyl sites for hydroxylation is 2. The molecule has 0 saturated carbocycles. The van der Waals surface area contributed by atoms with Crippen molar-refractivity contribution in [2.75, 3.05) is 26.9 Å². The predicted molar refractivity (Wildman–Crippen MR) is 118 cm³/mol. The van der Waals surface area contributed by atoms with E-state index in [9.17, 15) is 4.79 Å². The number of likely N-dealkylation sites (N-methyl/N-ethyl adjacent to an activating group) is 1. The summed E-state index contributed by atoms with van der Waals surface area (Å²) in [6, 6.07) is 12.5. The summed E-state index contributed by atoms with van der Waals surface area (Å²) in [5, 5.41) is 0. The van der Waals surface area contributed by atoms with E-state index in [1.54, 1.807) is 7.05 Å². The van der Waals surface area contributed by atoms with E-state index in [0.717, 1.165) is 29.5 Å². The van der Waals surface area contributed by atoms with Gasteiger partial charge < -0.3 is 15.2 Å². The SMILES string of the molecule is Cc1cc(C)cc(-c2ccc3c(c2)[C@]2(CCCCOCCO3)N=C(N)N(C)C2=O)c1. The normalized spacial score (nSPS) is 22.3. The van der Waals surface area contributed by atoms with Crippen molar-refractivity contribution in [3.05, 3.63) is 53.1 Å². The van der Waals surface area contributed by atoms with E-state index in [1.807, 2.05) is 12.1 Å². The number of nitrogens with two attached hydrogens (primary N) is 1. The minimum atomic E-state index is -1.06. The van der Waals surface area contributed by atoms with Crippen LogP contribution in [0, 0.1) is 13.8 Å². The number of fused-ring (bicyclic) bond motifs is 2. The first-order valence-corrected chi connectivity index (χ1v) is 10.5. The maximum Gasteiger partial charge on any atom is 0.261 e. The van der Waals surface area contributed by atoms with Crippen molar-refractivity contribution in [2.24, 2.45) is 10.7 Å². The highest BCUT2D eigenvalue weighted by Crippen LogP contribution is 2.43. The Bertz CT molecular complexity index is 981. The number of carbonyl (C=O) groups excluding carboxylic acids is 1. The molecule has 6 nitrogen and oxygen atoms in total. The molecule has 0 aromatic heterocycles. The van der Waals surface area contributed by atoms with Crippen LogP contribution in [0.1, 0.15) is 36.0 Å². The average molecular weight is 408 g/mol. The zero-order valence-electron chi connectivity index (χ0n) is 17.9. The van der Waals surface area contributed by atoms with Gasteiger partial charge >= 0.3 is 0 Å². The van der Waals surface area contributed by atoms with Gasteiger partial charge in [-0.1, -0.05) is 35.4 Å². The highest BCUT2D eigenvalue weighted by Gasteiger charge is 2.49. The minimum Gasteiger partial charge on any atom is -0.491 e. The van der Waals surface area contributed by atoms with E-state index >= 15 is 0 Å². The van der Waals surface area contributed by atoms with E-state index in [2.05, 4.69) is 38.1 Å². The summed E-state index contributed by atoms with van der Waals surface area (Å²) in [4.78, 5) is 19.6. The number of rotatable bonds is 1. The molecule has 0 aliphatic carbocycles. The minimum absolute atomic E-state index is 0.109. The Labute approximate surface area is 177 Å². The fourth-order valence-electron chi connectivity index (χ4n) is 4.37. The summed E-state index contributed by atoms with van der Waals surface area (Å²) in [5.41, 5.74) is 10.4. The zero-order valence-corrected chi connectivity index (χ0v) is 17.9. The number of carbonyl (C=O) groups is 1. The smallest absolute Gasteiger partial charge is 0.261 e. The first-order chi connectivity index (χ1) is 14.4. The van der Waals surface area contributed by atoms with Crippen LogP contribution in [0.4, 0.5) is 0 Å². The van der Waals surface area contributed by atoms with Gasteiger partial charge in [-0.25, -0.2) is 4.99 Å². The molecule has 0 radical (unpaired) electrons. The molecule has 2 heterocycles. The summed E-state index contributed by atoms with van der Waals surface area (Å²) in [5.74, 6) is 0.797. The van der Waals surface area contributed by atoms with Gasteiger partial charge in [0.1, 0.15) is 12.4 Å². The Morgan fingerprint density at radius 1 is 1.00 bits per heavy atom. The van der Waals surface area contributed by atoms with Crippen molar-refractivity contribution >= 4 is 11.9 Å². The number of hydrogen-bond donors (Lipinski definition) is 1. The third-order valence-corrected chi connectivity index (χ3v) is 5.85. The molecule has 30 heavy (non-hydrogen) atoms. The van der Waals surface area contributed by atoms with Crippen molar-refractivity contribution < 1.29 is 14.3 Å². The molecule has 4 rings (SSSR count). The van der Waals surface area contributed by atoms with E-state index in [-0.39, 0.29) is 11.9 Å². The predicted octanol–water partition coefficient (Wildman–Crippen LogP) is 3.53. The van der Waals surface area contributed by atoms with Crippen LogP contribution in [0.5, 0.6) is 5.75 Å². The van der Waals surface area contributed by atoms with Crippen LogP contribution in [0.3, 0.4) is 0 Å². The first kappa shape index (κ1) is 20.4. The second-order valence-corrected chi connectivity index (χ2v) is 8.20. The van der Waals surface area contributed by atoms with Crippen LogP contribution in [0.15, 0.2) is 41.4 Å². The zero-order chi connectivity index (χ0) is 21.3. The van der Waals surface area contributed by atoms with E-state index in [1.165, 1.54) is 16.0 Å². The fraction of sp³-hybridized carbons (Fsp3) is 0.417. The number of guanidine groups is 1. The van der Waals surface area contributed by atoms with Gasteiger partial charge in [-0.15, -0.1) is 0 Å². The molecule has 158 valence electrons. The van der Waals surface area contributed by atoms with E-state index in [0.29, 0.717) is 32.0 Å².